The molecule has 2 aromatic rings. The zero-order chi connectivity index (χ0) is 15.3. The van der Waals surface area contributed by atoms with Crippen LogP contribution in [0, 0.1) is 0 Å². The SMILES string of the molecule is CCC[n+]1ccn(CCCC(F)(F)F)c1-c1ccccn1. The topological polar surface area (TPSA) is 21.7 Å². The minimum Gasteiger partial charge on any atom is -0.248 e. The molecule has 0 aliphatic rings. The Morgan fingerprint density at radius 3 is 2.71 bits per heavy atom. The summed E-state index contributed by atoms with van der Waals surface area (Å²) in [4.78, 5) is 4.32. The third kappa shape index (κ3) is 4.31. The van der Waals surface area contributed by atoms with E-state index in [1.807, 2.05) is 39.7 Å². The van der Waals surface area contributed by atoms with Crippen molar-refractivity contribution in [3.8, 4) is 11.5 Å². The number of hydrogen-bond donors (Lipinski definition) is 0. The molecule has 21 heavy (non-hydrogen) atoms. The fourth-order valence-electron chi connectivity index (χ4n) is 2.31. The normalized spacial score (nSPS) is 11.8. The van der Waals surface area contributed by atoms with Crippen LogP contribution >= 0.6 is 0 Å². The van der Waals surface area contributed by atoms with Gasteiger partial charge in [0, 0.05) is 12.6 Å². The van der Waals surface area contributed by atoms with Gasteiger partial charge in [0.05, 0.1) is 13.1 Å². The van der Waals surface area contributed by atoms with E-state index in [-0.39, 0.29) is 6.42 Å². The molecule has 0 fully saturated rings. The van der Waals surface area contributed by atoms with Gasteiger partial charge >= 0.3 is 12.0 Å². The van der Waals surface area contributed by atoms with E-state index >= 15 is 0 Å². The van der Waals surface area contributed by atoms with Crippen molar-refractivity contribution in [2.45, 2.75) is 45.5 Å². The Hall–Kier alpha value is -1.85. The fraction of sp³-hybridized carbons (Fsp3) is 0.467. The molecule has 2 aromatic heterocycles. The highest BCUT2D eigenvalue weighted by molar-refractivity contribution is 5.45. The average molecular weight is 298 g/mol. The second kappa shape index (κ2) is 6.74. The number of hydrogen-bond acceptors (Lipinski definition) is 1. The first kappa shape index (κ1) is 15.5. The molecule has 0 saturated heterocycles. The van der Waals surface area contributed by atoms with Gasteiger partial charge in [-0.3, -0.25) is 0 Å². The lowest BCUT2D eigenvalue weighted by Crippen LogP contribution is -2.34. The van der Waals surface area contributed by atoms with Gasteiger partial charge in [-0.1, -0.05) is 13.0 Å². The van der Waals surface area contributed by atoms with Gasteiger partial charge < -0.3 is 0 Å². The van der Waals surface area contributed by atoms with Gasteiger partial charge in [-0.05, 0) is 25.0 Å². The molecule has 0 unspecified atom stereocenters. The zero-order valence-electron chi connectivity index (χ0n) is 12.0. The Kier molecular flexibility index (Phi) is 4.98. The van der Waals surface area contributed by atoms with Crippen molar-refractivity contribution in [2.24, 2.45) is 0 Å². The number of halogens is 3. The van der Waals surface area contributed by atoms with Crippen molar-refractivity contribution < 1.29 is 17.7 Å². The summed E-state index contributed by atoms with van der Waals surface area (Å²) in [5.74, 6) is 0.861. The Balaban J connectivity index is 2.21. The molecule has 0 spiro atoms. The summed E-state index contributed by atoms with van der Waals surface area (Å²) in [7, 11) is 0. The van der Waals surface area contributed by atoms with Gasteiger partial charge in [-0.25, -0.2) is 14.1 Å². The third-order valence-corrected chi connectivity index (χ3v) is 3.19. The van der Waals surface area contributed by atoms with E-state index in [0.29, 0.717) is 6.54 Å². The van der Waals surface area contributed by atoms with Crippen molar-refractivity contribution in [3.05, 3.63) is 36.8 Å². The van der Waals surface area contributed by atoms with Gasteiger partial charge in [-0.15, -0.1) is 0 Å². The molecule has 114 valence electrons. The Morgan fingerprint density at radius 2 is 2.10 bits per heavy atom. The minimum atomic E-state index is -4.10. The van der Waals surface area contributed by atoms with Gasteiger partial charge in [0.1, 0.15) is 12.4 Å². The predicted molar refractivity (Wildman–Crippen MR) is 73.4 cm³/mol. The molecular formula is C15H19F3N3+. The first-order chi connectivity index (χ1) is 10.0. The molecule has 0 amide bonds. The molecule has 0 atom stereocenters. The van der Waals surface area contributed by atoms with E-state index in [9.17, 15) is 13.2 Å². The smallest absolute Gasteiger partial charge is 0.248 e. The maximum absolute atomic E-state index is 12.3. The molecule has 0 aliphatic heterocycles. The highest BCUT2D eigenvalue weighted by Gasteiger charge is 2.27. The van der Waals surface area contributed by atoms with Gasteiger partial charge in [-0.2, -0.15) is 13.2 Å². The Bertz CT molecular complexity index is 561. The molecule has 0 aliphatic carbocycles. The van der Waals surface area contributed by atoms with Gasteiger partial charge in [0.15, 0.2) is 5.69 Å². The molecule has 0 N–H and O–H groups in total. The van der Waals surface area contributed by atoms with Crippen LogP contribution in [-0.4, -0.2) is 15.7 Å². The van der Waals surface area contributed by atoms with Crippen LogP contribution in [0.1, 0.15) is 26.2 Å². The first-order valence-electron chi connectivity index (χ1n) is 7.08. The largest absolute Gasteiger partial charge is 0.389 e. The van der Waals surface area contributed by atoms with Crippen molar-refractivity contribution in [1.82, 2.24) is 9.55 Å². The van der Waals surface area contributed by atoms with Crippen molar-refractivity contribution in [2.75, 3.05) is 0 Å². The van der Waals surface area contributed by atoms with E-state index in [1.165, 1.54) is 0 Å². The molecule has 2 rings (SSSR count). The highest BCUT2D eigenvalue weighted by atomic mass is 19.4. The Morgan fingerprint density at radius 1 is 1.29 bits per heavy atom. The summed E-state index contributed by atoms with van der Waals surface area (Å²) in [6, 6.07) is 5.58. The van der Waals surface area contributed by atoms with Crippen molar-refractivity contribution >= 4 is 0 Å². The molecule has 6 heteroatoms. The van der Waals surface area contributed by atoms with Crippen LogP contribution < -0.4 is 4.57 Å². The molecule has 0 bridgehead atoms. The second-order valence-electron chi connectivity index (χ2n) is 4.94. The van der Waals surface area contributed by atoms with E-state index in [0.717, 1.165) is 24.5 Å². The zero-order valence-corrected chi connectivity index (χ0v) is 12.0. The number of alkyl halides is 3. The molecule has 2 heterocycles. The van der Waals surface area contributed by atoms with Crippen LogP contribution in [0.2, 0.25) is 0 Å². The summed E-state index contributed by atoms with van der Waals surface area (Å²) in [6.07, 6.45) is 1.59. The van der Waals surface area contributed by atoms with Crippen molar-refractivity contribution in [1.29, 1.82) is 0 Å². The van der Waals surface area contributed by atoms with Crippen LogP contribution in [0.3, 0.4) is 0 Å². The number of aryl methyl sites for hydroxylation is 2. The number of nitrogens with zero attached hydrogens (tertiary/aromatic N) is 3. The van der Waals surface area contributed by atoms with E-state index in [1.54, 1.807) is 6.20 Å². The number of aromatic nitrogens is 3. The standard InChI is InChI=1S/C15H19F3N3/c1-2-9-20-11-12-21(10-5-7-15(16,17)18)14(20)13-6-3-4-8-19-13/h3-4,6,8,11-12H,2,5,7,9-10H2,1H3/q+1. The number of pyridine rings is 1. The first-order valence-corrected chi connectivity index (χ1v) is 7.08. The van der Waals surface area contributed by atoms with Crippen LogP contribution in [0.15, 0.2) is 36.8 Å². The summed E-state index contributed by atoms with van der Waals surface area (Å²) < 4.78 is 40.7. The molecule has 3 nitrogen and oxygen atoms in total. The maximum Gasteiger partial charge on any atom is 0.389 e. The number of rotatable bonds is 6. The Labute approximate surface area is 122 Å². The summed E-state index contributed by atoms with van der Waals surface area (Å²) in [6.45, 7) is 3.22. The molecular weight excluding hydrogens is 279 g/mol. The van der Waals surface area contributed by atoms with Crippen LogP contribution in [0.5, 0.6) is 0 Å². The number of imidazole rings is 1. The van der Waals surface area contributed by atoms with E-state index in [2.05, 4.69) is 11.9 Å². The van der Waals surface area contributed by atoms with Gasteiger partial charge in [0.2, 0.25) is 0 Å². The van der Waals surface area contributed by atoms with E-state index in [4.69, 9.17) is 0 Å². The molecule has 0 radical (unpaired) electrons. The van der Waals surface area contributed by atoms with Crippen LogP contribution in [-0.2, 0) is 13.1 Å². The lowest BCUT2D eigenvalue weighted by Gasteiger charge is -2.06. The minimum absolute atomic E-state index is 0.0736. The lowest BCUT2D eigenvalue weighted by molar-refractivity contribution is -0.685. The lowest BCUT2D eigenvalue weighted by atomic mass is 10.3. The van der Waals surface area contributed by atoms with Crippen LogP contribution in [0.25, 0.3) is 11.5 Å². The highest BCUT2D eigenvalue weighted by Crippen LogP contribution is 2.22. The van der Waals surface area contributed by atoms with Crippen molar-refractivity contribution in [3.63, 3.8) is 0 Å². The maximum atomic E-state index is 12.3. The predicted octanol–water partition coefficient (Wildman–Crippen LogP) is 3.59. The fourth-order valence-corrected chi connectivity index (χ4v) is 2.31. The summed E-state index contributed by atoms with van der Waals surface area (Å²) in [5, 5.41) is 0. The summed E-state index contributed by atoms with van der Waals surface area (Å²) >= 11 is 0. The van der Waals surface area contributed by atoms with Gasteiger partial charge in [0.25, 0.3) is 0 Å². The molecule has 0 saturated carbocycles. The summed E-state index contributed by atoms with van der Waals surface area (Å²) in [5.41, 5.74) is 0.781. The average Bonchev–Trinajstić information content (AvgIpc) is 2.82. The molecule has 0 aromatic carbocycles. The van der Waals surface area contributed by atoms with Crippen LogP contribution in [0.4, 0.5) is 13.2 Å². The monoisotopic (exact) mass is 298 g/mol. The second-order valence-corrected chi connectivity index (χ2v) is 4.94. The van der Waals surface area contributed by atoms with E-state index < -0.39 is 12.6 Å². The quantitative estimate of drug-likeness (QED) is 0.747. The third-order valence-electron chi connectivity index (χ3n) is 3.19.